The zero-order chi connectivity index (χ0) is 16.0. The van der Waals surface area contributed by atoms with Crippen molar-refractivity contribution in [3.63, 3.8) is 0 Å². The summed E-state index contributed by atoms with van der Waals surface area (Å²) in [6.07, 6.45) is 0.698. The molecule has 0 aliphatic heterocycles. The van der Waals surface area contributed by atoms with Crippen molar-refractivity contribution < 1.29 is 4.92 Å². The van der Waals surface area contributed by atoms with Crippen LogP contribution >= 0.6 is 11.8 Å². The second kappa shape index (κ2) is 7.43. The van der Waals surface area contributed by atoms with Gasteiger partial charge in [0.15, 0.2) is 0 Å². The molecule has 0 bridgehead atoms. The van der Waals surface area contributed by atoms with Crippen molar-refractivity contribution in [3.8, 4) is 6.07 Å². The highest BCUT2D eigenvalue weighted by Crippen LogP contribution is 2.29. The third-order valence-electron chi connectivity index (χ3n) is 2.93. The Morgan fingerprint density at radius 2 is 1.95 bits per heavy atom. The number of benzene rings is 1. The molecule has 0 aliphatic rings. The lowest BCUT2D eigenvalue weighted by atomic mass is 9.97. The Morgan fingerprint density at radius 1 is 1.38 bits per heavy atom. The second-order valence-electron chi connectivity index (χ2n) is 5.63. The van der Waals surface area contributed by atoms with Crippen LogP contribution in [0.25, 0.3) is 0 Å². The van der Waals surface area contributed by atoms with Crippen molar-refractivity contribution in [1.29, 1.82) is 5.26 Å². The lowest BCUT2D eigenvalue weighted by Crippen LogP contribution is -2.46. The Labute approximate surface area is 129 Å². The van der Waals surface area contributed by atoms with Gasteiger partial charge in [0, 0.05) is 28.3 Å². The quantitative estimate of drug-likeness (QED) is 0.471. The van der Waals surface area contributed by atoms with Crippen LogP contribution < -0.4 is 5.32 Å². The fourth-order valence-corrected chi connectivity index (χ4v) is 3.44. The molecule has 1 N–H and O–H groups in total. The molecule has 0 heterocycles. The van der Waals surface area contributed by atoms with Crippen LogP contribution in [0.3, 0.4) is 0 Å². The van der Waals surface area contributed by atoms with Gasteiger partial charge in [-0.2, -0.15) is 5.26 Å². The predicted molar refractivity (Wildman–Crippen MR) is 85.3 cm³/mol. The standard InChI is InChI=1S/C15H21N3O2S/c1-11(2)17-15(4,10-16)9-12(3)21-14-7-5-13(6-8-14)18(19)20/h5-8,11-12,17H,9H2,1-4H3. The highest BCUT2D eigenvalue weighted by molar-refractivity contribution is 7.99. The van der Waals surface area contributed by atoms with Gasteiger partial charge in [-0.3, -0.25) is 15.4 Å². The molecule has 0 saturated heterocycles. The van der Waals surface area contributed by atoms with Gasteiger partial charge < -0.3 is 0 Å². The van der Waals surface area contributed by atoms with Crippen molar-refractivity contribution in [1.82, 2.24) is 5.32 Å². The molecule has 0 aromatic heterocycles. The van der Waals surface area contributed by atoms with E-state index >= 15 is 0 Å². The number of nitrogens with one attached hydrogen (secondary N) is 1. The van der Waals surface area contributed by atoms with Crippen molar-refractivity contribution >= 4 is 17.4 Å². The first kappa shape index (κ1) is 17.5. The van der Waals surface area contributed by atoms with E-state index in [1.54, 1.807) is 23.9 Å². The first-order chi connectivity index (χ1) is 9.75. The van der Waals surface area contributed by atoms with Crippen molar-refractivity contribution in [2.24, 2.45) is 0 Å². The topological polar surface area (TPSA) is 79.0 Å². The summed E-state index contributed by atoms with van der Waals surface area (Å²) >= 11 is 1.62. The third-order valence-corrected chi connectivity index (χ3v) is 4.05. The molecule has 0 aliphatic carbocycles. The number of hydrogen-bond acceptors (Lipinski definition) is 5. The normalized spacial score (nSPS) is 15.2. The van der Waals surface area contributed by atoms with Gasteiger partial charge in [0.25, 0.3) is 5.69 Å². The van der Waals surface area contributed by atoms with Gasteiger partial charge >= 0.3 is 0 Å². The van der Waals surface area contributed by atoms with Crippen LogP contribution in [-0.2, 0) is 0 Å². The zero-order valence-electron chi connectivity index (χ0n) is 12.8. The SMILES string of the molecule is CC(C)NC(C)(C#N)CC(C)Sc1ccc([N+](=O)[O-])cc1. The van der Waals surface area contributed by atoms with Gasteiger partial charge in [-0.25, -0.2) is 0 Å². The third kappa shape index (κ3) is 5.74. The van der Waals surface area contributed by atoms with Gasteiger partial charge in [-0.1, -0.05) is 6.92 Å². The summed E-state index contributed by atoms with van der Waals surface area (Å²) in [7, 11) is 0. The Balaban J connectivity index is 2.66. The second-order valence-corrected chi connectivity index (χ2v) is 7.14. The van der Waals surface area contributed by atoms with Crippen LogP contribution in [0, 0.1) is 21.4 Å². The van der Waals surface area contributed by atoms with E-state index < -0.39 is 10.5 Å². The summed E-state index contributed by atoms with van der Waals surface area (Å²) in [5, 5.41) is 23.5. The van der Waals surface area contributed by atoms with Crippen LogP contribution in [0.15, 0.2) is 29.2 Å². The minimum Gasteiger partial charge on any atom is -0.297 e. The molecule has 1 aromatic carbocycles. The van der Waals surface area contributed by atoms with Crippen molar-refractivity contribution in [2.45, 2.75) is 55.8 Å². The smallest absolute Gasteiger partial charge is 0.269 e. The minimum absolute atomic E-state index is 0.0929. The Hall–Kier alpha value is -1.58. The zero-order valence-corrected chi connectivity index (χ0v) is 13.6. The van der Waals surface area contributed by atoms with E-state index in [2.05, 4.69) is 18.3 Å². The molecular formula is C15H21N3O2S. The molecule has 0 radical (unpaired) electrons. The summed E-state index contributed by atoms with van der Waals surface area (Å²) < 4.78 is 0. The van der Waals surface area contributed by atoms with E-state index in [0.717, 1.165) is 4.90 Å². The summed E-state index contributed by atoms with van der Waals surface area (Å²) in [5.41, 5.74) is -0.475. The van der Waals surface area contributed by atoms with E-state index in [4.69, 9.17) is 0 Å². The van der Waals surface area contributed by atoms with Crippen LogP contribution in [0.1, 0.15) is 34.1 Å². The molecule has 0 spiro atoms. The van der Waals surface area contributed by atoms with Gasteiger partial charge in [0.05, 0.1) is 11.0 Å². The number of thioether (sulfide) groups is 1. The maximum absolute atomic E-state index is 10.6. The number of nitro benzene ring substituents is 1. The monoisotopic (exact) mass is 307 g/mol. The molecule has 21 heavy (non-hydrogen) atoms. The largest absolute Gasteiger partial charge is 0.297 e. The summed E-state index contributed by atoms with van der Waals surface area (Å²) in [6, 6.07) is 9.09. The van der Waals surface area contributed by atoms with Crippen molar-refractivity contribution in [3.05, 3.63) is 34.4 Å². The maximum Gasteiger partial charge on any atom is 0.269 e. The van der Waals surface area contributed by atoms with Gasteiger partial charge in [-0.05, 0) is 39.3 Å². The van der Waals surface area contributed by atoms with Gasteiger partial charge in [0.1, 0.15) is 5.54 Å². The van der Waals surface area contributed by atoms with Crippen LogP contribution in [0.2, 0.25) is 0 Å². The molecule has 5 nitrogen and oxygen atoms in total. The molecule has 6 heteroatoms. The summed E-state index contributed by atoms with van der Waals surface area (Å²) in [5.74, 6) is 0. The summed E-state index contributed by atoms with van der Waals surface area (Å²) in [6.45, 7) is 8.00. The average molecular weight is 307 g/mol. The molecule has 0 saturated carbocycles. The molecule has 1 rings (SSSR count). The van der Waals surface area contributed by atoms with Gasteiger partial charge in [0.2, 0.25) is 0 Å². The van der Waals surface area contributed by atoms with Crippen LogP contribution in [0.5, 0.6) is 0 Å². The molecule has 114 valence electrons. The lowest BCUT2D eigenvalue weighted by molar-refractivity contribution is -0.384. The highest BCUT2D eigenvalue weighted by atomic mass is 32.2. The number of non-ortho nitro benzene ring substituents is 1. The van der Waals surface area contributed by atoms with Crippen LogP contribution in [0.4, 0.5) is 5.69 Å². The highest BCUT2D eigenvalue weighted by Gasteiger charge is 2.27. The minimum atomic E-state index is -0.568. The Morgan fingerprint density at radius 3 is 2.38 bits per heavy atom. The summed E-state index contributed by atoms with van der Waals surface area (Å²) in [4.78, 5) is 11.2. The van der Waals surface area contributed by atoms with E-state index in [0.29, 0.717) is 6.42 Å². The molecule has 2 unspecified atom stereocenters. The molecule has 0 fully saturated rings. The number of nitrogens with zero attached hydrogens (tertiary/aromatic N) is 2. The van der Waals surface area contributed by atoms with Crippen molar-refractivity contribution in [2.75, 3.05) is 0 Å². The maximum atomic E-state index is 10.6. The Bertz CT molecular complexity index is 525. The van der Waals surface area contributed by atoms with Gasteiger partial charge in [-0.15, -0.1) is 11.8 Å². The lowest BCUT2D eigenvalue weighted by Gasteiger charge is -2.28. The van der Waals surface area contributed by atoms with Crippen LogP contribution in [-0.4, -0.2) is 21.8 Å². The number of nitriles is 1. The number of nitro groups is 1. The first-order valence-electron chi connectivity index (χ1n) is 6.86. The number of hydrogen-bond donors (Lipinski definition) is 1. The predicted octanol–water partition coefficient (Wildman–Crippen LogP) is 3.75. The first-order valence-corrected chi connectivity index (χ1v) is 7.74. The molecular weight excluding hydrogens is 286 g/mol. The fourth-order valence-electron chi connectivity index (χ4n) is 2.27. The number of rotatable bonds is 7. The fraction of sp³-hybridized carbons (Fsp3) is 0.533. The Kier molecular flexibility index (Phi) is 6.19. The average Bonchev–Trinajstić information content (AvgIpc) is 2.38. The molecule has 1 aromatic rings. The molecule has 0 amide bonds. The van der Waals surface area contributed by atoms with E-state index in [1.807, 2.05) is 20.8 Å². The molecule has 2 atom stereocenters. The van der Waals surface area contributed by atoms with E-state index in [1.165, 1.54) is 12.1 Å². The van der Waals surface area contributed by atoms with E-state index in [-0.39, 0.29) is 17.0 Å². The van der Waals surface area contributed by atoms with E-state index in [9.17, 15) is 15.4 Å².